The van der Waals surface area contributed by atoms with Gasteiger partial charge in [-0.2, -0.15) is 0 Å². The largest absolute Gasteiger partial charge is 0.423 e. The third kappa shape index (κ3) is 3.19. The van der Waals surface area contributed by atoms with E-state index in [0.29, 0.717) is 11.5 Å². The van der Waals surface area contributed by atoms with Crippen molar-refractivity contribution in [3.63, 3.8) is 0 Å². The summed E-state index contributed by atoms with van der Waals surface area (Å²) < 4.78 is 5.57. The average molecular weight is 383 g/mol. The van der Waals surface area contributed by atoms with Gasteiger partial charge in [0.05, 0.1) is 11.4 Å². The Hall–Kier alpha value is -2.46. The SMILES string of the molecule is CCN1CCN(CC)c2cc3c(-c4ccc(CCl)cc4)cc(=O)oc3cc21. The lowest BCUT2D eigenvalue weighted by atomic mass is 9.99. The second kappa shape index (κ2) is 7.28. The fourth-order valence-electron chi connectivity index (χ4n) is 3.84. The molecule has 0 bridgehead atoms. The van der Waals surface area contributed by atoms with Gasteiger partial charge < -0.3 is 14.2 Å². The van der Waals surface area contributed by atoms with E-state index in [0.717, 1.165) is 53.9 Å². The van der Waals surface area contributed by atoms with Gasteiger partial charge in [-0.1, -0.05) is 24.3 Å². The Bertz CT molecular complexity index is 1030. The van der Waals surface area contributed by atoms with Crippen LogP contribution in [0.5, 0.6) is 0 Å². The summed E-state index contributed by atoms with van der Waals surface area (Å²) in [5.74, 6) is 0.476. The van der Waals surface area contributed by atoms with Crippen LogP contribution in [0.3, 0.4) is 0 Å². The normalized spacial score (nSPS) is 13.9. The highest BCUT2D eigenvalue weighted by Gasteiger charge is 2.23. The predicted octanol–water partition coefficient (Wildman–Crippen LogP) is 4.87. The molecule has 4 rings (SSSR count). The first-order chi connectivity index (χ1) is 13.1. The molecule has 0 spiro atoms. The molecule has 3 aromatic rings. The number of hydrogen-bond acceptors (Lipinski definition) is 4. The molecule has 2 aromatic carbocycles. The number of hydrogen-bond donors (Lipinski definition) is 0. The fourth-order valence-corrected chi connectivity index (χ4v) is 4.02. The molecule has 0 atom stereocenters. The molecule has 140 valence electrons. The van der Waals surface area contributed by atoms with Crippen LogP contribution in [0.15, 0.2) is 51.7 Å². The van der Waals surface area contributed by atoms with Crippen LogP contribution in [0.2, 0.25) is 0 Å². The molecule has 1 aliphatic rings. The third-order valence-corrected chi connectivity index (χ3v) is 5.65. The zero-order valence-electron chi connectivity index (χ0n) is 15.7. The summed E-state index contributed by atoms with van der Waals surface area (Å²) >= 11 is 5.91. The van der Waals surface area contributed by atoms with E-state index in [9.17, 15) is 4.79 Å². The van der Waals surface area contributed by atoms with E-state index in [1.807, 2.05) is 30.3 Å². The number of nitrogens with zero attached hydrogens (tertiary/aromatic N) is 2. The van der Waals surface area contributed by atoms with E-state index in [1.165, 1.54) is 5.69 Å². The lowest BCUT2D eigenvalue weighted by Crippen LogP contribution is -2.40. The minimum Gasteiger partial charge on any atom is -0.423 e. The Kier molecular flexibility index (Phi) is 4.83. The quantitative estimate of drug-likeness (QED) is 0.476. The third-order valence-electron chi connectivity index (χ3n) is 5.34. The maximum atomic E-state index is 12.2. The molecule has 0 saturated heterocycles. The monoisotopic (exact) mass is 382 g/mol. The molecule has 2 heterocycles. The van der Waals surface area contributed by atoms with Gasteiger partial charge in [0.15, 0.2) is 0 Å². The fraction of sp³-hybridized carbons (Fsp3) is 0.318. The lowest BCUT2D eigenvalue weighted by Gasteiger charge is -2.38. The van der Waals surface area contributed by atoms with Gasteiger partial charge in [-0.05, 0) is 36.6 Å². The van der Waals surface area contributed by atoms with E-state index in [2.05, 4.69) is 29.7 Å². The standard InChI is InChI=1S/C22H23ClN2O2/c1-3-24-9-10-25(4-2)20-13-21-18(11-19(20)24)17(12-22(26)27-21)16-7-5-15(14-23)6-8-16/h5-8,11-13H,3-4,9-10,14H2,1-2H3. The van der Waals surface area contributed by atoms with Crippen LogP contribution in [-0.4, -0.2) is 26.2 Å². The van der Waals surface area contributed by atoms with E-state index in [-0.39, 0.29) is 5.63 Å². The second-order valence-electron chi connectivity index (χ2n) is 6.81. The van der Waals surface area contributed by atoms with Crippen LogP contribution in [0, 0.1) is 0 Å². The van der Waals surface area contributed by atoms with Gasteiger partial charge in [0.25, 0.3) is 0 Å². The Morgan fingerprint density at radius 3 is 2.19 bits per heavy atom. The number of alkyl halides is 1. The Morgan fingerprint density at radius 1 is 0.963 bits per heavy atom. The summed E-state index contributed by atoms with van der Waals surface area (Å²) in [7, 11) is 0. The molecule has 0 unspecified atom stereocenters. The Labute approximate surface area is 164 Å². The summed E-state index contributed by atoms with van der Waals surface area (Å²) in [6, 6.07) is 13.8. The van der Waals surface area contributed by atoms with Crippen LogP contribution in [0.1, 0.15) is 19.4 Å². The lowest BCUT2D eigenvalue weighted by molar-refractivity contribution is 0.561. The molecule has 0 amide bonds. The number of likely N-dealkylation sites (N-methyl/N-ethyl adjacent to an activating group) is 2. The summed E-state index contributed by atoms with van der Waals surface area (Å²) in [5, 5.41) is 0.961. The first kappa shape index (κ1) is 17.9. The van der Waals surface area contributed by atoms with Crippen LogP contribution >= 0.6 is 11.6 Å². The maximum Gasteiger partial charge on any atom is 0.336 e. The Balaban J connectivity index is 1.96. The van der Waals surface area contributed by atoms with Crippen molar-refractivity contribution in [1.29, 1.82) is 0 Å². The molecule has 0 fully saturated rings. The van der Waals surface area contributed by atoms with Crippen molar-refractivity contribution in [2.24, 2.45) is 0 Å². The molecular weight excluding hydrogens is 360 g/mol. The van der Waals surface area contributed by atoms with Crippen LogP contribution in [-0.2, 0) is 5.88 Å². The topological polar surface area (TPSA) is 36.7 Å². The van der Waals surface area contributed by atoms with Gasteiger partial charge in [0, 0.05) is 49.6 Å². The zero-order valence-corrected chi connectivity index (χ0v) is 16.4. The minimum atomic E-state index is -0.329. The number of fused-ring (bicyclic) bond motifs is 2. The Morgan fingerprint density at radius 2 is 1.59 bits per heavy atom. The highest BCUT2D eigenvalue weighted by Crippen LogP contribution is 2.39. The number of rotatable bonds is 4. The highest BCUT2D eigenvalue weighted by molar-refractivity contribution is 6.17. The average Bonchev–Trinajstić information content (AvgIpc) is 2.71. The highest BCUT2D eigenvalue weighted by atomic mass is 35.5. The van der Waals surface area contributed by atoms with Crippen LogP contribution in [0.4, 0.5) is 11.4 Å². The van der Waals surface area contributed by atoms with Crippen LogP contribution < -0.4 is 15.4 Å². The van der Waals surface area contributed by atoms with E-state index in [1.54, 1.807) is 6.07 Å². The van der Waals surface area contributed by atoms with Crippen molar-refractivity contribution in [3.05, 3.63) is 58.4 Å². The van der Waals surface area contributed by atoms with Gasteiger partial charge in [0.2, 0.25) is 0 Å². The molecule has 0 radical (unpaired) electrons. The van der Waals surface area contributed by atoms with Crippen molar-refractivity contribution in [2.45, 2.75) is 19.7 Å². The smallest absolute Gasteiger partial charge is 0.336 e. The van der Waals surface area contributed by atoms with Crippen molar-refractivity contribution >= 4 is 33.9 Å². The zero-order chi connectivity index (χ0) is 19.0. The van der Waals surface area contributed by atoms with Crippen LogP contribution in [0.25, 0.3) is 22.1 Å². The predicted molar refractivity (Wildman–Crippen MR) is 113 cm³/mol. The van der Waals surface area contributed by atoms with Gasteiger partial charge >= 0.3 is 5.63 Å². The van der Waals surface area contributed by atoms with Crippen molar-refractivity contribution in [3.8, 4) is 11.1 Å². The summed E-state index contributed by atoms with van der Waals surface area (Å²) in [4.78, 5) is 16.9. The van der Waals surface area contributed by atoms with E-state index >= 15 is 0 Å². The van der Waals surface area contributed by atoms with Crippen molar-refractivity contribution in [2.75, 3.05) is 36.0 Å². The van der Waals surface area contributed by atoms with Gasteiger partial charge in [-0.15, -0.1) is 11.6 Å². The molecule has 0 N–H and O–H groups in total. The summed E-state index contributed by atoms with van der Waals surface area (Å²) in [6.07, 6.45) is 0. The number of halogens is 1. The molecule has 0 saturated carbocycles. The van der Waals surface area contributed by atoms with E-state index < -0.39 is 0 Å². The molecule has 0 aliphatic carbocycles. The van der Waals surface area contributed by atoms with E-state index in [4.69, 9.17) is 16.0 Å². The summed E-state index contributed by atoms with van der Waals surface area (Å²) in [6.45, 7) is 8.19. The molecule has 4 nitrogen and oxygen atoms in total. The van der Waals surface area contributed by atoms with Gasteiger partial charge in [-0.25, -0.2) is 4.79 Å². The number of benzene rings is 2. The maximum absolute atomic E-state index is 12.2. The molecule has 5 heteroatoms. The first-order valence-corrected chi connectivity index (χ1v) is 9.95. The molecule has 1 aromatic heterocycles. The molecule has 27 heavy (non-hydrogen) atoms. The van der Waals surface area contributed by atoms with Crippen molar-refractivity contribution < 1.29 is 4.42 Å². The van der Waals surface area contributed by atoms with Crippen molar-refractivity contribution in [1.82, 2.24) is 0 Å². The second-order valence-corrected chi connectivity index (χ2v) is 7.07. The number of anilines is 2. The van der Waals surface area contributed by atoms with Gasteiger partial charge in [-0.3, -0.25) is 0 Å². The minimum absolute atomic E-state index is 0.329. The van der Waals surface area contributed by atoms with Gasteiger partial charge in [0.1, 0.15) is 5.58 Å². The molecular formula is C22H23ClN2O2. The molecule has 1 aliphatic heterocycles. The summed E-state index contributed by atoms with van der Waals surface area (Å²) in [5.41, 5.74) is 5.59. The first-order valence-electron chi connectivity index (χ1n) is 9.41.